The Hall–Kier alpha value is -3.95. The average Bonchev–Trinajstić information content (AvgIpc) is 2.87. The fraction of sp³-hybridized carbons (Fsp3) is 0.348. The number of piperazine rings is 1. The van der Waals surface area contributed by atoms with E-state index in [1.54, 1.807) is 31.3 Å². The lowest BCUT2D eigenvalue weighted by Gasteiger charge is -2.35. The van der Waals surface area contributed by atoms with E-state index in [2.05, 4.69) is 9.88 Å². The highest BCUT2D eigenvalue weighted by atomic mass is 16.6. The quantitative estimate of drug-likeness (QED) is 0.627. The van der Waals surface area contributed by atoms with Gasteiger partial charge in [0.05, 0.1) is 32.7 Å². The molecule has 10 heteroatoms. The summed E-state index contributed by atoms with van der Waals surface area (Å²) in [5.41, 5.74) is 6.98. The molecule has 0 spiro atoms. The lowest BCUT2D eigenvalue weighted by atomic mass is 10.2. The number of nitrogens with two attached hydrogens (primary N) is 1. The molecule has 0 bridgehead atoms. The molecular weight excluding hydrogens is 426 g/mol. The van der Waals surface area contributed by atoms with Crippen molar-refractivity contribution in [2.45, 2.75) is 6.10 Å². The maximum absolute atomic E-state index is 13.0. The summed E-state index contributed by atoms with van der Waals surface area (Å²) < 4.78 is 22.3. The highest BCUT2D eigenvalue weighted by Gasteiger charge is 2.34. The molecule has 0 saturated carbocycles. The van der Waals surface area contributed by atoms with E-state index in [-0.39, 0.29) is 12.5 Å². The predicted octanol–water partition coefficient (Wildman–Crippen LogP) is 1.14. The van der Waals surface area contributed by atoms with E-state index < -0.39 is 6.10 Å². The Kier molecular flexibility index (Phi) is 5.41. The van der Waals surface area contributed by atoms with Gasteiger partial charge in [0.25, 0.3) is 5.91 Å². The summed E-state index contributed by atoms with van der Waals surface area (Å²) in [6.07, 6.45) is -0.644. The van der Waals surface area contributed by atoms with Crippen LogP contribution in [0, 0.1) is 0 Å². The number of rotatable bonds is 4. The van der Waals surface area contributed by atoms with Crippen LogP contribution in [0.1, 0.15) is 0 Å². The van der Waals surface area contributed by atoms with Crippen molar-refractivity contribution < 1.29 is 28.7 Å². The normalized spacial score (nSPS) is 17.7. The first-order valence-electron chi connectivity index (χ1n) is 10.7. The molecule has 3 N–H and O–H groups in total. The predicted molar refractivity (Wildman–Crippen MR) is 121 cm³/mol. The number of aromatic amines is 1. The Morgan fingerprint density at radius 1 is 1.09 bits per heavy atom. The number of ether oxygens (including phenoxy) is 4. The number of fused-ring (bicyclic) bond motifs is 2. The van der Waals surface area contributed by atoms with Gasteiger partial charge in [0, 0.05) is 25.2 Å². The monoisotopic (exact) mass is 452 g/mol. The molecule has 2 aliphatic heterocycles. The zero-order chi connectivity index (χ0) is 22.9. The van der Waals surface area contributed by atoms with E-state index in [0.29, 0.717) is 66.5 Å². The number of benzene rings is 2. The standard InChI is InChI=1S/C23H25N5O5/c1-30-18-11-14-15(12-19(18)31-2)25-23(26-21(14)24)28-9-7-27(8-10-28)22(29)20-13-32-16-5-3-4-6-17(16)33-20/h3-6,11-12,20H,7-10,13H2,1-2H3,(H2,24,25,26)/p+1. The smallest absolute Gasteiger partial charge is 0.347 e. The summed E-state index contributed by atoms with van der Waals surface area (Å²) in [7, 11) is 3.16. The minimum Gasteiger partial charge on any atom is -0.493 e. The highest BCUT2D eigenvalue weighted by Crippen LogP contribution is 2.33. The van der Waals surface area contributed by atoms with Gasteiger partial charge >= 0.3 is 5.95 Å². The molecule has 3 heterocycles. The fourth-order valence-corrected chi connectivity index (χ4v) is 4.14. The number of nitrogen functional groups attached to an aromatic ring is 1. The summed E-state index contributed by atoms with van der Waals surface area (Å²) in [6.45, 7) is 2.51. The zero-order valence-corrected chi connectivity index (χ0v) is 18.5. The third kappa shape index (κ3) is 3.88. The summed E-state index contributed by atoms with van der Waals surface area (Å²) in [5.74, 6) is 3.49. The molecule has 1 saturated heterocycles. The van der Waals surface area contributed by atoms with Gasteiger partial charge in [-0.15, -0.1) is 4.98 Å². The van der Waals surface area contributed by atoms with Crippen molar-refractivity contribution in [3.63, 3.8) is 0 Å². The van der Waals surface area contributed by atoms with Crippen LogP contribution in [-0.4, -0.2) is 68.9 Å². The van der Waals surface area contributed by atoms with E-state index >= 15 is 0 Å². The Labute approximate surface area is 190 Å². The molecule has 3 aromatic rings. The molecule has 1 aromatic heterocycles. The minimum absolute atomic E-state index is 0.0732. The highest BCUT2D eigenvalue weighted by molar-refractivity contribution is 5.90. The number of anilines is 2. The molecule has 1 unspecified atom stereocenters. The van der Waals surface area contributed by atoms with Crippen LogP contribution in [0.2, 0.25) is 0 Å². The van der Waals surface area contributed by atoms with E-state index in [9.17, 15) is 4.79 Å². The summed E-state index contributed by atoms with van der Waals surface area (Å²) in [5, 5.41) is 0.750. The molecule has 1 atom stereocenters. The van der Waals surface area contributed by atoms with Crippen molar-refractivity contribution >= 4 is 28.6 Å². The van der Waals surface area contributed by atoms with Crippen molar-refractivity contribution in [1.29, 1.82) is 0 Å². The molecule has 33 heavy (non-hydrogen) atoms. The maximum atomic E-state index is 13.0. The molecule has 172 valence electrons. The molecule has 1 fully saturated rings. The molecule has 2 aliphatic rings. The Balaban J connectivity index is 1.28. The first kappa shape index (κ1) is 20.9. The SMILES string of the molecule is COc1cc2nc(N3CCN(C(=O)C4COc5ccccc5O4)CC3)[nH+]c(N)c2cc1OC. The van der Waals surface area contributed by atoms with Crippen LogP contribution >= 0.6 is 0 Å². The number of methoxy groups -OCH3 is 2. The summed E-state index contributed by atoms with van der Waals surface area (Å²) in [4.78, 5) is 24.8. The lowest BCUT2D eigenvalue weighted by molar-refractivity contribution is -0.348. The number of nitrogens with zero attached hydrogens (tertiary/aromatic N) is 3. The fourth-order valence-electron chi connectivity index (χ4n) is 4.14. The van der Waals surface area contributed by atoms with Gasteiger partial charge in [-0.2, -0.15) is 0 Å². The van der Waals surface area contributed by atoms with E-state index in [1.807, 2.05) is 24.3 Å². The van der Waals surface area contributed by atoms with Gasteiger partial charge in [0.1, 0.15) is 12.1 Å². The van der Waals surface area contributed by atoms with Crippen LogP contribution in [0.15, 0.2) is 36.4 Å². The lowest BCUT2D eigenvalue weighted by Crippen LogP contribution is -2.55. The van der Waals surface area contributed by atoms with Gasteiger partial charge in [0.15, 0.2) is 23.0 Å². The van der Waals surface area contributed by atoms with Gasteiger partial charge in [-0.25, -0.2) is 4.98 Å². The van der Waals surface area contributed by atoms with Crippen LogP contribution in [-0.2, 0) is 4.79 Å². The van der Waals surface area contributed by atoms with Crippen LogP contribution in [0.5, 0.6) is 23.0 Å². The summed E-state index contributed by atoms with van der Waals surface area (Å²) in [6, 6.07) is 11.0. The van der Waals surface area contributed by atoms with Gasteiger partial charge in [0.2, 0.25) is 11.9 Å². The van der Waals surface area contributed by atoms with Crippen molar-refractivity contribution in [2.75, 3.05) is 57.6 Å². The molecular formula is C23H26N5O5+. The largest absolute Gasteiger partial charge is 0.493 e. The van der Waals surface area contributed by atoms with Crippen molar-refractivity contribution in [1.82, 2.24) is 9.88 Å². The van der Waals surface area contributed by atoms with Crippen LogP contribution in [0.3, 0.4) is 0 Å². The molecule has 10 nitrogen and oxygen atoms in total. The Bertz CT molecular complexity index is 1200. The van der Waals surface area contributed by atoms with Crippen molar-refractivity contribution in [2.24, 2.45) is 0 Å². The number of carbonyl (C=O) groups excluding carboxylic acids is 1. The number of nitrogens with one attached hydrogen (secondary N) is 1. The van der Waals surface area contributed by atoms with Gasteiger partial charge < -0.3 is 29.6 Å². The third-order valence-electron chi connectivity index (χ3n) is 5.94. The van der Waals surface area contributed by atoms with Gasteiger partial charge in [-0.3, -0.25) is 9.69 Å². The zero-order valence-electron chi connectivity index (χ0n) is 18.5. The van der Waals surface area contributed by atoms with E-state index in [4.69, 9.17) is 29.7 Å². The number of carbonyl (C=O) groups is 1. The van der Waals surface area contributed by atoms with Gasteiger partial charge in [-0.1, -0.05) is 12.1 Å². The van der Waals surface area contributed by atoms with Crippen molar-refractivity contribution in [3.05, 3.63) is 36.4 Å². The minimum atomic E-state index is -0.644. The first-order chi connectivity index (χ1) is 16.1. The maximum Gasteiger partial charge on any atom is 0.347 e. The van der Waals surface area contributed by atoms with Crippen LogP contribution in [0.25, 0.3) is 10.9 Å². The second-order valence-corrected chi connectivity index (χ2v) is 7.87. The average molecular weight is 452 g/mol. The second kappa shape index (κ2) is 8.53. The third-order valence-corrected chi connectivity index (χ3v) is 5.94. The Morgan fingerprint density at radius 2 is 1.79 bits per heavy atom. The van der Waals surface area contributed by atoms with Crippen LogP contribution in [0.4, 0.5) is 11.8 Å². The number of H-pyrrole nitrogens is 1. The van der Waals surface area contributed by atoms with E-state index in [1.165, 1.54) is 0 Å². The summed E-state index contributed by atoms with van der Waals surface area (Å²) >= 11 is 0. The molecule has 0 radical (unpaired) electrons. The van der Waals surface area contributed by atoms with Crippen molar-refractivity contribution in [3.8, 4) is 23.0 Å². The number of aromatic nitrogens is 2. The van der Waals surface area contributed by atoms with E-state index in [0.717, 1.165) is 5.39 Å². The number of hydrogen-bond acceptors (Lipinski definition) is 8. The molecule has 0 aliphatic carbocycles. The topological polar surface area (TPSA) is 114 Å². The van der Waals surface area contributed by atoms with Crippen LogP contribution < -0.4 is 34.6 Å². The molecule has 1 amide bonds. The molecule has 5 rings (SSSR count). The molecule has 2 aromatic carbocycles. The van der Waals surface area contributed by atoms with Gasteiger partial charge in [-0.05, 0) is 12.1 Å². The number of para-hydroxylation sites is 2. The first-order valence-corrected chi connectivity index (χ1v) is 10.7. The second-order valence-electron chi connectivity index (χ2n) is 7.87. The number of hydrogen-bond donors (Lipinski definition) is 1. The number of amides is 1. The Morgan fingerprint density at radius 3 is 2.52 bits per heavy atom.